The van der Waals surface area contributed by atoms with Crippen molar-refractivity contribution in [3.63, 3.8) is 0 Å². The lowest BCUT2D eigenvalue weighted by Crippen LogP contribution is -2.41. The van der Waals surface area contributed by atoms with Gasteiger partial charge in [0.15, 0.2) is 29.3 Å². The summed E-state index contributed by atoms with van der Waals surface area (Å²) >= 11 is 0. The summed E-state index contributed by atoms with van der Waals surface area (Å²) < 4.78 is 28.6. The van der Waals surface area contributed by atoms with E-state index >= 15 is 0 Å². The van der Waals surface area contributed by atoms with E-state index in [1.807, 2.05) is 44.2 Å². The zero-order chi connectivity index (χ0) is 24.6. The van der Waals surface area contributed by atoms with Gasteiger partial charge in [-0.3, -0.25) is 9.36 Å². The van der Waals surface area contributed by atoms with Crippen molar-refractivity contribution in [1.29, 1.82) is 0 Å². The van der Waals surface area contributed by atoms with Gasteiger partial charge in [-0.15, -0.1) is 0 Å². The van der Waals surface area contributed by atoms with Crippen molar-refractivity contribution in [3.8, 4) is 0 Å². The number of nitrogens with one attached hydrogen (secondary N) is 2. The van der Waals surface area contributed by atoms with Gasteiger partial charge < -0.3 is 25.6 Å². The van der Waals surface area contributed by atoms with Crippen LogP contribution in [0.4, 0.5) is 5.82 Å². The van der Waals surface area contributed by atoms with E-state index < -0.39 is 37.4 Å². The van der Waals surface area contributed by atoms with Crippen molar-refractivity contribution in [2.75, 3.05) is 12.3 Å². The first-order valence-corrected chi connectivity index (χ1v) is 9.91. The molecule has 1 amide bonds. The van der Waals surface area contributed by atoms with Gasteiger partial charge in [0.05, 0.1) is 6.33 Å². The molecule has 1 aliphatic rings. The van der Waals surface area contributed by atoms with Crippen LogP contribution in [0.1, 0.15) is 41.5 Å². The average Bonchev–Trinajstić information content (AvgIpc) is 3.32. The van der Waals surface area contributed by atoms with Gasteiger partial charge in [-0.1, -0.05) is 44.2 Å². The summed E-state index contributed by atoms with van der Waals surface area (Å²) in [4.78, 5) is 25.8. The maximum Gasteiger partial charge on any atom is 0.251 e. The Hall–Kier alpha value is -3.08. The molecule has 0 radical (unpaired) electrons. The Morgan fingerprint density at radius 3 is 2.74 bits per heavy atom. The number of carbonyl (C=O) groups is 1. The van der Waals surface area contributed by atoms with Crippen molar-refractivity contribution < 1.29 is 23.9 Å². The Kier molecular flexibility index (Phi) is 4.87. The summed E-state index contributed by atoms with van der Waals surface area (Å²) in [5.41, 5.74) is 1.80. The average molecular weight is 429 g/mol. The van der Waals surface area contributed by atoms with Crippen LogP contribution in [0.15, 0.2) is 36.7 Å². The van der Waals surface area contributed by atoms with Crippen LogP contribution in [0.5, 0.6) is 0 Å². The molecule has 1 aromatic carbocycles. The second-order valence-electron chi connectivity index (χ2n) is 7.67. The summed E-state index contributed by atoms with van der Waals surface area (Å²) in [6, 6.07) is 9.75. The number of imidazole rings is 1. The number of amides is 1. The predicted octanol–water partition coefficient (Wildman–Crippen LogP) is 0.927. The number of likely N-dealkylation sites (N-methyl/N-ethyl adjacent to an activating group) is 1. The molecular formula is C21H26N6O4. The van der Waals surface area contributed by atoms with Crippen LogP contribution < -0.4 is 10.6 Å². The third-order valence-electron chi connectivity index (χ3n) is 5.15. The Morgan fingerprint density at radius 1 is 1.26 bits per heavy atom. The molecule has 0 bridgehead atoms. The molecule has 0 unspecified atom stereocenters. The molecule has 4 N–H and O–H groups in total. The van der Waals surface area contributed by atoms with Crippen molar-refractivity contribution in [1.82, 2.24) is 24.8 Å². The number of hydrogen-bond donors (Lipinski definition) is 4. The normalized spacial score (nSPS) is 25.3. The van der Waals surface area contributed by atoms with Crippen LogP contribution in [-0.4, -0.2) is 60.9 Å². The molecule has 10 nitrogen and oxygen atoms in total. The third kappa shape index (κ3) is 3.97. The molecule has 1 fully saturated rings. The summed E-state index contributed by atoms with van der Waals surface area (Å²) in [7, 11) is 0. The standard InChI is InChI=1S/C21H26N6O4/c1-11(2)17-25-18(23-9-12-7-5-4-6-8-12)13-19(26-17)27(10-24-13)21-15(29)14(28)16(31-21)20(30)22-3/h4-8,10-11,14-16,21,28-29H,9H2,1-3H3,(H,22,30)(H,23,25,26)/t14-,15+,16-,21+/m0/s1/i3D3. The highest BCUT2D eigenvalue weighted by Crippen LogP contribution is 2.33. The third-order valence-corrected chi connectivity index (χ3v) is 5.15. The van der Waals surface area contributed by atoms with Crippen LogP contribution in [0.25, 0.3) is 11.2 Å². The number of rotatable bonds is 6. The zero-order valence-corrected chi connectivity index (χ0v) is 17.1. The van der Waals surface area contributed by atoms with Gasteiger partial charge >= 0.3 is 0 Å². The minimum Gasteiger partial charge on any atom is -0.387 e. The minimum atomic E-state index is -2.76. The molecule has 3 heterocycles. The number of fused-ring (bicyclic) bond motifs is 1. The maximum atomic E-state index is 12.3. The number of aliphatic hydroxyl groups is 2. The van der Waals surface area contributed by atoms with Crippen molar-refractivity contribution in [2.24, 2.45) is 0 Å². The number of anilines is 1. The topological polar surface area (TPSA) is 134 Å². The van der Waals surface area contributed by atoms with Crippen LogP contribution in [0.3, 0.4) is 0 Å². The van der Waals surface area contributed by atoms with E-state index in [0.29, 0.717) is 29.4 Å². The lowest BCUT2D eigenvalue weighted by atomic mass is 10.1. The highest BCUT2D eigenvalue weighted by atomic mass is 16.6. The van der Waals surface area contributed by atoms with Crippen molar-refractivity contribution >= 4 is 22.9 Å². The lowest BCUT2D eigenvalue weighted by Gasteiger charge is -2.17. The first-order valence-electron chi connectivity index (χ1n) is 11.4. The number of hydrogen-bond acceptors (Lipinski definition) is 8. The van der Waals surface area contributed by atoms with Gasteiger partial charge in [0.2, 0.25) is 0 Å². The molecular weight excluding hydrogens is 400 g/mol. The zero-order valence-electron chi connectivity index (χ0n) is 20.1. The van der Waals surface area contributed by atoms with Gasteiger partial charge in [-0.05, 0) is 5.56 Å². The fourth-order valence-corrected chi connectivity index (χ4v) is 3.46. The van der Waals surface area contributed by atoms with Gasteiger partial charge in [-0.25, -0.2) is 15.0 Å². The number of benzene rings is 1. The largest absolute Gasteiger partial charge is 0.387 e. The van der Waals surface area contributed by atoms with Crippen LogP contribution >= 0.6 is 0 Å². The summed E-state index contributed by atoms with van der Waals surface area (Å²) in [6.07, 6.45) is -4.60. The van der Waals surface area contributed by atoms with Crippen LogP contribution in [0, 0.1) is 0 Å². The second-order valence-corrected chi connectivity index (χ2v) is 7.67. The first kappa shape index (κ1) is 17.6. The molecule has 0 aliphatic carbocycles. The summed E-state index contributed by atoms with van der Waals surface area (Å²) in [5.74, 6) is -0.0698. The highest BCUT2D eigenvalue weighted by molar-refractivity contribution is 5.83. The van der Waals surface area contributed by atoms with Crippen LogP contribution in [-0.2, 0) is 16.1 Å². The molecule has 1 aliphatic heterocycles. The molecule has 31 heavy (non-hydrogen) atoms. The fraction of sp³-hybridized carbons (Fsp3) is 0.429. The Bertz CT molecular complexity index is 1170. The smallest absolute Gasteiger partial charge is 0.251 e. The molecule has 164 valence electrons. The SMILES string of the molecule is [2H]C([2H])([2H])NC(=O)[C@H]1O[C@@H](n2cnc3c(NCc4ccccc4)nc(C(C)C)nc32)[C@H](O)[C@@H]1O. The van der Waals surface area contributed by atoms with Gasteiger partial charge in [-0.2, -0.15) is 0 Å². The number of nitrogens with zero attached hydrogens (tertiary/aromatic N) is 4. The van der Waals surface area contributed by atoms with E-state index in [-0.39, 0.29) is 5.92 Å². The van der Waals surface area contributed by atoms with E-state index in [1.165, 1.54) is 10.9 Å². The fourth-order valence-electron chi connectivity index (χ4n) is 3.46. The first-order chi connectivity index (χ1) is 16.0. The summed E-state index contributed by atoms with van der Waals surface area (Å²) in [6.45, 7) is 1.60. The molecule has 3 aromatic rings. The van der Waals surface area contributed by atoms with Crippen LogP contribution in [0.2, 0.25) is 0 Å². The maximum absolute atomic E-state index is 12.3. The highest BCUT2D eigenvalue weighted by Gasteiger charge is 2.47. The minimum absolute atomic E-state index is 0.0251. The van der Waals surface area contributed by atoms with E-state index in [4.69, 9.17) is 8.85 Å². The van der Waals surface area contributed by atoms with E-state index in [9.17, 15) is 15.0 Å². The molecule has 4 rings (SSSR count). The Morgan fingerprint density at radius 2 is 2.03 bits per heavy atom. The van der Waals surface area contributed by atoms with Gasteiger partial charge in [0.1, 0.15) is 18.0 Å². The molecule has 0 saturated carbocycles. The van der Waals surface area contributed by atoms with Crippen molar-refractivity contribution in [3.05, 3.63) is 48.0 Å². The number of aromatic nitrogens is 4. The van der Waals surface area contributed by atoms with Gasteiger partial charge in [0, 0.05) is 23.6 Å². The van der Waals surface area contributed by atoms with E-state index in [1.54, 1.807) is 5.32 Å². The molecule has 0 spiro atoms. The monoisotopic (exact) mass is 429 g/mol. The molecule has 1 saturated heterocycles. The number of carbonyl (C=O) groups excluding carboxylic acids is 1. The molecule has 4 atom stereocenters. The number of aliphatic hydroxyl groups excluding tert-OH is 2. The Balaban J connectivity index is 1.66. The predicted molar refractivity (Wildman–Crippen MR) is 113 cm³/mol. The number of ether oxygens (including phenoxy) is 1. The Labute approximate surface area is 183 Å². The molecule has 10 heteroatoms. The second kappa shape index (κ2) is 8.58. The molecule has 2 aromatic heterocycles. The lowest BCUT2D eigenvalue weighted by molar-refractivity contribution is -0.137. The van der Waals surface area contributed by atoms with Crippen molar-refractivity contribution in [2.45, 2.75) is 50.8 Å². The van der Waals surface area contributed by atoms with E-state index in [0.717, 1.165) is 5.56 Å². The summed E-state index contributed by atoms with van der Waals surface area (Å²) in [5, 5.41) is 26.0. The quantitative estimate of drug-likeness (QED) is 0.455. The van der Waals surface area contributed by atoms with E-state index in [2.05, 4.69) is 20.3 Å². The van der Waals surface area contributed by atoms with Gasteiger partial charge in [0.25, 0.3) is 5.91 Å².